The van der Waals surface area contributed by atoms with Gasteiger partial charge in [0.25, 0.3) is 5.91 Å². The summed E-state index contributed by atoms with van der Waals surface area (Å²) in [5.41, 5.74) is 3.65. The minimum Gasteiger partial charge on any atom is -0.491 e. The number of likely N-dealkylation sites (N-methyl/N-ethyl adjacent to an activating group) is 1. The molecule has 0 radical (unpaired) electrons. The summed E-state index contributed by atoms with van der Waals surface area (Å²) < 4.78 is 53.8. The SMILES string of the molecule is C[C@@H](C(=O)N[C@H](C(=O)N1Cc2cc(OCCOCCOCCCn3c(CNc4cccc(C(=O)NCc5c(F)cccc5F)c4)nnc3-c3ccncn3)ccc2CC1C(=O)N[C@@H]1CCCc2ccccc21)C(C)(C)C)N(C)C(=O)OC(C)(C)C. The number of halogens is 2. The van der Waals surface area contributed by atoms with E-state index in [1.165, 1.54) is 29.9 Å². The van der Waals surface area contributed by atoms with Crippen LogP contribution >= 0.6 is 0 Å². The highest BCUT2D eigenvalue weighted by Crippen LogP contribution is 2.34. The molecule has 0 bridgehead atoms. The predicted molar refractivity (Wildman–Crippen MR) is 314 cm³/mol. The fourth-order valence-electron chi connectivity index (χ4n) is 10.1. The zero-order valence-corrected chi connectivity index (χ0v) is 49.6. The quantitative estimate of drug-likeness (QED) is 0.0418. The molecular weight excluding hydrogens is 1090 g/mol. The molecule has 1 aliphatic heterocycles. The normalized spacial score (nSPS) is 15.6. The summed E-state index contributed by atoms with van der Waals surface area (Å²) >= 11 is 0. The molecule has 452 valence electrons. The Kier molecular flexibility index (Phi) is 21.0. The van der Waals surface area contributed by atoms with Gasteiger partial charge in [0.1, 0.15) is 59.7 Å². The third-order valence-electron chi connectivity index (χ3n) is 14.9. The van der Waals surface area contributed by atoms with E-state index in [9.17, 15) is 28.0 Å². The molecule has 0 fully saturated rings. The Morgan fingerprint density at radius 2 is 1.55 bits per heavy atom. The van der Waals surface area contributed by atoms with E-state index in [4.69, 9.17) is 18.9 Å². The lowest BCUT2D eigenvalue weighted by Crippen LogP contribution is -2.62. The van der Waals surface area contributed by atoms with Gasteiger partial charge in [0.15, 0.2) is 11.6 Å². The van der Waals surface area contributed by atoms with Gasteiger partial charge in [0, 0.05) is 62.7 Å². The lowest BCUT2D eigenvalue weighted by molar-refractivity contribution is -0.147. The van der Waals surface area contributed by atoms with Crippen LogP contribution in [0.3, 0.4) is 0 Å². The molecule has 4 atom stereocenters. The van der Waals surface area contributed by atoms with Crippen LogP contribution in [0.25, 0.3) is 11.5 Å². The summed E-state index contributed by atoms with van der Waals surface area (Å²) in [4.78, 5) is 80.7. The number of amides is 5. The Bertz CT molecular complexity index is 3280. The van der Waals surface area contributed by atoms with E-state index in [-0.39, 0.29) is 56.8 Å². The number of fused-ring (bicyclic) bond motifs is 2. The van der Waals surface area contributed by atoms with Crippen molar-refractivity contribution >= 4 is 35.4 Å². The number of ether oxygens (including phenoxy) is 4. The second-order valence-electron chi connectivity index (χ2n) is 23.3. The third-order valence-corrected chi connectivity index (χ3v) is 14.9. The number of nitrogens with one attached hydrogen (secondary N) is 4. The maximum Gasteiger partial charge on any atom is 0.410 e. The van der Waals surface area contributed by atoms with E-state index >= 15 is 4.79 Å². The minimum absolute atomic E-state index is 0.0782. The highest BCUT2D eigenvalue weighted by atomic mass is 19.1. The first-order chi connectivity index (χ1) is 40.6. The first-order valence-electron chi connectivity index (χ1n) is 28.7. The molecule has 4 aromatic carbocycles. The Morgan fingerprint density at radius 3 is 2.29 bits per heavy atom. The van der Waals surface area contributed by atoms with Crippen LogP contribution in [0.1, 0.15) is 118 Å². The van der Waals surface area contributed by atoms with Crippen LogP contribution in [-0.2, 0) is 67.6 Å². The standard InChI is InChI=1S/C63H77F2N11O9/c1-40(74(8)61(81)85-63(5,6)7)57(77)71-55(62(2,3)4)60(80)76-38-44-34-46(24-23-42(44)35-53(76)59(79)70-51-22-12-16-41-15-9-10-19-47(41)51)84-32-31-83-30-29-82-28-14-27-75-54(72-73-56(75)52-25-26-66-39-69-52)37-67-45-18-11-17-43(33-45)58(78)68-36-48-49(64)20-13-21-50(48)65/h9-11,13,15,17-21,23-26,33-34,39-40,51,53,55,67H,12,14,16,22,27-32,35-38H2,1-8H3,(H,68,78)(H,70,79)(H,71,77)/t40-,51+,53?,55+/m0/s1. The number of aromatic nitrogens is 5. The van der Waals surface area contributed by atoms with E-state index in [1.807, 2.05) is 61.7 Å². The fourth-order valence-corrected chi connectivity index (χ4v) is 10.1. The van der Waals surface area contributed by atoms with Crippen LogP contribution in [0.5, 0.6) is 5.75 Å². The van der Waals surface area contributed by atoms with Crippen molar-refractivity contribution < 1.29 is 51.7 Å². The Hall–Kier alpha value is -8.37. The van der Waals surface area contributed by atoms with Gasteiger partial charge in [-0.1, -0.05) is 63.2 Å². The van der Waals surface area contributed by atoms with Crippen molar-refractivity contribution in [1.29, 1.82) is 0 Å². The maximum atomic E-state index is 15.1. The second kappa shape index (κ2) is 28.5. The smallest absolute Gasteiger partial charge is 0.410 e. The van der Waals surface area contributed by atoms with Crippen molar-refractivity contribution in [3.63, 3.8) is 0 Å². The molecule has 85 heavy (non-hydrogen) atoms. The number of nitrogens with zero attached hydrogens (tertiary/aromatic N) is 7. The van der Waals surface area contributed by atoms with Crippen LogP contribution in [0.4, 0.5) is 19.3 Å². The minimum atomic E-state index is -1.07. The first kappa shape index (κ1) is 62.7. The molecule has 22 heteroatoms. The Labute approximate surface area is 494 Å². The van der Waals surface area contributed by atoms with E-state index < -0.39 is 64.6 Å². The average Bonchev–Trinajstić information content (AvgIpc) is 2.25. The van der Waals surface area contributed by atoms with Crippen molar-refractivity contribution in [2.75, 3.05) is 45.4 Å². The summed E-state index contributed by atoms with van der Waals surface area (Å²) in [6.07, 6.45) is 5.82. The van der Waals surface area contributed by atoms with E-state index in [1.54, 1.807) is 69.1 Å². The van der Waals surface area contributed by atoms with E-state index in [0.29, 0.717) is 67.1 Å². The second-order valence-corrected chi connectivity index (χ2v) is 23.3. The molecule has 2 aromatic heterocycles. The van der Waals surface area contributed by atoms with E-state index in [2.05, 4.69) is 47.5 Å². The predicted octanol–water partition coefficient (Wildman–Crippen LogP) is 8.29. The third kappa shape index (κ3) is 16.7. The summed E-state index contributed by atoms with van der Waals surface area (Å²) in [6, 6.07) is 22.6. The molecule has 6 aromatic rings. The highest BCUT2D eigenvalue weighted by molar-refractivity contribution is 5.96. The van der Waals surface area contributed by atoms with Crippen LogP contribution in [0.15, 0.2) is 104 Å². The number of carbonyl (C=O) groups excluding carboxylic acids is 5. The van der Waals surface area contributed by atoms with Gasteiger partial charge >= 0.3 is 6.09 Å². The molecule has 8 rings (SSSR count). The molecule has 0 saturated carbocycles. The molecule has 4 N–H and O–H groups in total. The molecule has 2 aliphatic rings. The number of hydrogen-bond acceptors (Lipinski definition) is 14. The van der Waals surface area contributed by atoms with Crippen molar-refractivity contribution in [2.45, 2.75) is 137 Å². The number of rotatable bonds is 24. The molecule has 0 spiro atoms. The number of benzene rings is 4. The monoisotopic (exact) mass is 1170 g/mol. The molecular formula is C63H77F2N11O9. The summed E-state index contributed by atoms with van der Waals surface area (Å²) in [5, 5.41) is 21.0. The maximum absolute atomic E-state index is 15.1. The van der Waals surface area contributed by atoms with Crippen LogP contribution in [-0.4, -0.2) is 128 Å². The summed E-state index contributed by atoms with van der Waals surface area (Å²) in [5.74, 6) is -1.53. The summed E-state index contributed by atoms with van der Waals surface area (Å²) in [6.45, 7) is 14.4. The fraction of sp³-hybridized carbons (Fsp3) is 0.444. The largest absolute Gasteiger partial charge is 0.491 e. The number of anilines is 1. The zero-order valence-electron chi connectivity index (χ0n) is 49.6. The van der Waals surface area contributed by atoms with E-state index in [0.717, 1.165) is 48.1 Å². The van der Waals surface area contributed by atoms with Crippen LogP contribution in [0.2, 0.25) is 0 Å². The lowest BCUT2D eigenvalue weighted by Gasteiger charge is -2.42. The number of hydrogen-bond donors (Lipinski definition) is 4. The first-order valence-corrected chi connectivity index (χ1v) is 28.7. The highest BCUT2D eigenvalue weighted by Gasteiger charge is 2.44. The van der Waals surface area contributed by atoms with Gasteiger partial charge in [-0.2, -0.15) is 0 Å². The van der Waals surface area contributed by atoms with Gasteiger partial charge in [0.05, 0.1) is 32.4 Å². The van der Waals surface area contributed by atoms with Gasteiger partial charge in [-0.25, -0.2) is 23.5 Å². The molecule has 3 heterocycles. The van der Waals surface area contributed by atoms with Gasteiger partial charge in [-0.15, -0.1) is 10.2 Å². The molecule has 0 saturated heterocycles. The average molecular weight is 1170 g/mol. The van der Waals surface area contributed by atoms with Gasteiger partial charge in [-0.05, 0) is 130 Å². The Balaban J connectivity index is 0.838. The molecule has 1 aliphatic carbocycles. The van der Waals surface area contributed by atoms with Gasteiger partial charge < -0.3 is 49.7 Å². The number of aryl methyl sites for hydroxylation is 1. The lowest BCUT2D eigenvalue weighted by atomic mass is 9.83. The molecule has 1 unspecified atom stereocenters. The van der Waals surface area contributed by atoms with Gasteiger partial charge in [-0.3, -0.25) is 24.1 Å². The molecule has 5 amide bonds. The topological polar surface area (TPSA) is 233 Å². The van der Waals surface area contributed by atoms with Crippen molar-refractivity contribution in [3.05, 3.63) is 154 Å². The van der Waals surface area contributed by atoms with Crippen molar-refractivity contribution in [3.8, 4) is 17.3 Å². The van der Waals surface area contributed by atoms with Gasteiger partial charge in [0.2, 0.25) is 17.7 Å². The van der Waals surface area contributed by atoms with Crippen LogP contribution < -0.4 is 26.0 Å². The Morgan fingerprint density at radius 1 is 0.812 bits per heavy atom. The van der Waals surface area contributed by atoms with Crippen LogP contribution in [0, 0.1) is 17.0 Å². The number of carbonyl (C=O) groups is 5. The van der Waals surface area contributed by atoms with Crippen molar-refractivity contribution in [2.24, 2.45) is 5.41 Å². The zero-order chi connectivity index (χ0) is 60.8. The summed E-state index contributed by atoms with van der Waals surface area (Å²) in [7, 11) is 1.48. The molecule has 20 nitrogen and oxygen atoms in total. The van der Waals surface area contributed by atoms with Crippen molar-refractivity contribution in [1.82, 2.24) is 50.5 Å².